The largest absolute Gasteiger partial charge is 0.354 e. The maximum atomic E-state index is 13.4. The third kappa shape index (κ3) is 6.88. The molecule has 2 aromatic carbocycles. The Morgan fingerprint density at radius 1 is 1.07 bits per heavy atom. The van der Waals surface area contributed by atoms with Gasteiger partial charge in [0.2, 0.25) is 11.8 Å². The number of carbonyl (C=O) groups is 2. The molecule has 0 fully saturated rings. The number of hydrogen-bond donors (Lipinski definition) is 1. The summed E-state index contributed by atoms with van der Waals surface area (Å²) in [7, 11) is 0. The van der Waals surface area contributed by atoms with Crippen LogP contribution in [0.25, 0.3) is 0 Å². The second-order valence-corrected chi connectivity index (χ2v) is 8.26. The van der Waals surface area contributed by atoms with Crippen LogP contribution in [0.2, 0.25) is 5.02 Å². The van der Waals surface area contributed by atoms with Crippen LogP contribution < -0.4 is 5.32 Å². The fourth-order valence-electron chi connectivity index (χ4n) is 3.68. The highest BCUT2D eigenvalue weighted by Gasteiger charge is 2.29. The van der Waals surface area contributed by atoms with Crippen molar-refractivity contribution in [2.45, 2.75) is 66.0 Å². The van der Waals surface area contributed by atoms with E-state index in [4.69, 9.17) is 11.6 Å². The number of rotatable bonds is 10. The summed E-state index contributed by atoms with van der Waals surface area (Å²) in [5, 5.41) is 3.59. The summed E-state index contributed by atoms with van der Waals surface area (Å²) in [6.07, 6.45) is 2.72. The van der Waals surface area contributed by atoms with Gasteiger partial charge in [0.1, 0.15) is 6.04 Å². The monoisotopic (exact) mass is 428 g/mol. The fourth-order valence-corrected chi connectivity index (χ4v) is 3.88. The second kappa shape index (κ2) is 11.8. The molecule has 1 unspecified atom stereocenters. The summed E-state index contributed by atoms with van der Waals surface area (Å²) in [5.41, 5.74) is 4.05. The molecule has 1 atom stereocenters. The highest BCUT2D eigenvalue weighted by Crippen LogP contribution is 2.21. The Labute approximate surface area is 185 Å². The van der Waals surface area contributed by atoms with Crippen LogP contribution in [0.3, 0.4) is 0 Å². The molecule has 0 heterocycles. The summed E-state index contributed by atoms with van der Waals surface area (Å²) >= 11 is 6.37. The van der Waals surface area contributed by atoms with Crippen LogP contribution in [-0.2, 0) is 22.6 Å². The maximum Gasteiger partial charge on any atom is 0.242 e. The number of amides is 2. The molecule has 0 radical (unpaired) electrons. The predicted molar refractivity (Wildman–Crippen MR) is 124 cm³/mol. The number of nitrogens with zero attached hydrogens (tertiary/aromatic N) is 1. The zero-order valence-corrected chi connectivity index (χ0v) is 19.3. The highest BCUT2D eigenvalue weighted by atomic mass is 35.5. The van der Waals surface area contributed by atoms with E-state index in [0.29, 0.717) is 24.5 Å². The summed E-state index contributed by atoms with van der Waals surface area (Å²) in [4.78, 5) is 28.0. The number of halogens is 1. The highest BCUT2D eigenvalue weighted by molar-refractivity contribution is 6.31. The van der Waals surface area contributed by atoms with Gasteiger partial charge in [-0.3, -0.25) is 9.59 Å². The van der Waals surface area contributed by atoms with Crippen LogP contribution in [-0.4, -0.2) is 29.3 Å². The normalized spacial score (nSPS) is 11.8. The van der Waals surface area contributed by atoms with Crippen LogP contribution in [0, 0.1) is 13.8 Å². The minimum atomic E-state index is -0.531. The maximum absolute atomic E-state index is 13.4. The lowest BCUT2D eigenvalue weighted by molar-refractivity contribution is -0.140. The zero-order valence-electron chi connectivity index (χ0n) is 18.5. The molecule has 0 aliphatic carbocycles. The van der Waals surface area contributed by atoms with Gasteiger partial charge in [-0.25, -0.2) is 0 Å². The van der Waals surface area contributed by atoms with E-state index < -0.39 is 6.04 Å². The van der Waals surface area contributed by atoms with Gasteiger partial charge in [0.25, 0.3) is 0 Å². The molecule has 162 valence electrons. The van der Waals surface area contributed by atoms with Crippen molar-refractivity contribution in [2.24, 2.45) is 0 Å². The predicted octanol–water partition coefficient (Wildman–Crippen LogP) is 5.22. The molecular formula is C25H33ClN2O2. The van der Waals surface area contributed by atoms with Crippen molar-refractivity contribution in [2.75, 3.05) is 6.54 Å². The molecule has 2 aromatic rings. The average molecular weight is 429 g/mol. The SMILES string of the molecule is CCCCNC(=O)C(CC)N(Cc1ccccc1Cl)C(=O)Cc1cc(C)cc(C)c1. The van der Waals surface area contributed by atoms with Crippen molar-refractivity contribution in [1.29, 1.82) is 0 Å². The van der Waals surface area contributed by atoms with Gasteiger partial charge in [0.15, 0.2) is 0 Å². The third-order valence-electron chi connectivity index (χ3n) is 5.15. The van der Waals surface area contributed by atoms with Crippen molar-refractivity contribution >= 4 is 23.4 Å². The summed E-state index contributed by atoms with van der Waals surface area (Å²) < 4.78 is 0. The first-order chi connectivity index (χ1) is 14.3. The fraction of sp³-hybridized carbons (Fsp3) is 0.440. The van der Waals surface area contributed by atoms with E-state index in [1.165, 1.54) is 0 Å². The zero-order chi connectivity index (χ0) is 22.1. The molecule has 0 aromatic heterocycles. The standard InChI is InChI=1S/C25H33ClN2O2/c1-5-7-12-27-25(30)23(6-2)28(17-21-10-8-9-11-22(21)26)24(29)16-20-14-18(3)13-19(4)15-20/h8-11,13-15,23H,5-7,12,16-17H2,1-4H3,(H,27,30). The van der Waals surface area contributed by atoms with Gasteiger partial charge in [0, 0.05) is 18.1 Å². The first kappa shape index (κ1) is 23.9. The van der Waals surface area contributed by atoms with E-state index in [9.17, 15) is 9.59 Å². The summed E-state index contributed by atoms with van der Waals surface area (Å²) in [6, 6.07) is 13.1. The lowest BCUT2D eigenvalue weighted by Crippen LogP contribution is -2.49. The van der Waals surface area contributed by atoms with Gasteiger partial charge in [0.05, 0.1) is 6.42 Å². The van der Waals surface area contributed by atoms with Gasteiger partial charge in [-0.2, -0.15) is 0 Å². The van der Waals surface area contributed by atoms with Crippen LogP contribution in [0.15, 0.2) is 42.5 Å². The Morgan fingerprint density at radius 2 is 1.73 bits per heavy atom. The van der Waals surface area contributed by atoms with Crippen LogP contribution >= 0.6 is 11.6 Å². The molecule has 2 rings (SSSR count). The van der Waals surface area contributed by atoms with E-state index in [1.807, 2.05) is 57.2 Å². The van der Waals surface area contributed by atoms with Gasteiger partial charge < -0.3 is 10.2 Å². The molecule has 30 heavy (non-hydrogen) atoms. The minimum Gasteiger partial charge on any atom is -0.354 e. The second-order valence-electron chi connectivity index (χ2n) is 7.85. The van der Waals surface area contributed by atoms with Gasteiger partial charge in [-0.1, -0.05) is 79.4 Å². The Kier molecular flexibility index (Phi) is 9.38. The van der Waals surface area contributed by atoms with E-state index >= 15 is 0 Å². The van der Waals surface area contributed by atoms with Crippen LogP contribution in [0.1, 0.15) is 55.4 Å². The van der Waals surface area contributed by atoms with Crippen LogP contribution in [0.4, 0.5) is 0 Å². The molecule has 0 saturated heterocycles. The van der Waals surface area contributed by atoms with Gasteiger partial charge >= 0.3 is 0 Å². The Balaban J connectivity index is 2.29. The molecule has 0 aliphatic rings. The summed E-state index contributed by atoms with van der Waals surface area (Å²) in [6.45, 7) is 9.01. The van der Waals surface area contributed by atoms with Crippen LogP contribution in [0.5, 0.6) is 0 Å². The molecule has 2 amide bonds. The lowest BCUT2D eigenvalue weighted by atomic mass is 10.0. The molecule has 0 bridgehead atoms. The number of aryl methyl sites for hydroxylation is 2. The molecule has 4 nitrogen and oxygen atoms in total. The number of hydrogen-bond acceptors (Lipinski definition) is 2. The first-order valence-corrected chi connectivity index (χ1v) is 11.1. The van der Waals surface area contributed by atoms with Gasteiger partial charge in [-0.05, 0) is 43.9 Å². The van der Waals surface area contributed by atoms with Crippen molar-refractivity contribution in [3.63, 3.8) is 0 Å². The quantitative estimate of drug-likeness (QED) is 0.527. The van der Waals surface area contributed by atoms with Crippen molar-refractivity contribution in [3.8, 4) is 0 Å². The van der Waals surface area contributed by atoms with Crippen molar-refractivity contribution in [3.05, 3.63) is 69.7 Å². The topological polar surface area (TPSA) is 49.4 Å². The van der Waals surface area contributed by atoms with Gasteiger partial charge in [-0.15, -0.1) is 0 Å². The smallest absolute Gasteiger partial charge is 0.242 e. The van der Waals surface area contributed by atoms with E-state index in [-0.39, 0.29) is 18.2 Å². The molecule has 5 heteroatoms. The van der Waals surface area contributed by atoms with E-state index in [2.05, 4.69) is 18.3 Å². The number of benzene rings is 2. The first-order valence-electron chi connectivity index (χ1n) is 10.7. The average Bonchev–Trinajstić information content (AvgIpc) is 2.68. The molecule has 1 N–H and O–H groups in total. The Bertz CT molecular complexity index is 846. The molecular weight excluding hydrogens is 396 g/mol. The number of nitrogens with one attached hydrogen (secondary N) is 1. The minimum absolute atomic E-state index is 0.0718. The van der Waals surface area contributed by atoms with E-state index in [0.717, 1.165) is 35.1 Å². The molecule has 0 aliphatic heterocycles. The van der Waals surface area contributed by atoms with E-state index in [1.54, 1.807) is 4.90 Å². The number of carbonyl (C=O) groups excluding carboxylic acids is 2. The number of unbranched alkanes of at least 4 members (excludes halogenated alkanes) is 1. The Hall–Kier alpha value is -2.33. The van der Waals surface area contributed by atoms with Crippen molar-refractivity contribution < 1.29 is 9.59 Å². The third-order valence-corrected chi connectivity index (χ3v) is 5.52. The lowest BCUT2D eigenvalue weighted by Gasteiger charge is -2.31. The molecule has 0 saturated carbocycles. The van der Waals surface area contributed by atoms with Crippen molar-refractivity contribution in [1.82, 2.24) is 10.2 Å². The Morgan fingerprint density at radius 3 is 2.33 bits per heavy atom. The summed E-state index contributed by atoms with van der Waals surface area (Å²) in [5.74, 6) is -0.177. The molecule has 0 spiro atoms.